The van der Waals surface area contributed by atoms with Crippen LogP contribution in [0.2, 0.25) is 0 Å². The van der Waals surface area contributed by atoms with E-state index in [-0.39, 0.29) is 43.3 Å². The number of aromatic nitrogens is 4. The molecule has 31 heavy (non-hydrogen) atoms. The Labute approximate surface area is 177 Å². The largest absolute Gasteiger partial charge is 0.475 e. The Bertz CT molecular complexity index is 1080. The molecule has 1 amide bonds. The lowest BCUT2D eigenvalue weighted by molar-refractivity contribution is 0.132. The molecular formula is C20H23FN6O4. The fourth-order valence-corrected chi connectivity index (χ4v) is 3.54. The van der Waals surface area contributed by atoms with Gasteiger partial charge in [0.25, 0.3) is 5.88 Å². The van der Waals surface area contributed by atoms with Gasteiger partial charge in [-0.3, -0.25) is 0 Å². The van der Waals surface area contributed by atoms with Gasteiger partial charge < -0.3 is 25.2 Å². The van der Waals surface area contributed by atoms with Crippen molar-refractivity contribution in [1.82, 2.24) is 24.5 Å². The van der Waals surface area contributed by atoms with Crippen molar-refractivity contribution in [3.8, 4) is 17.3 Å². The summed E-state index contributed by atoms with van der Waals surface area (Å²) in [6.45, 7) is 0.675. The number of aliphatic hydroxyl groups excluding tert-OH is 1. The van der Waals surface area contributed by atoms with Crippen LogP contribution >= 0.6 is 0 Å². The lowest BCUT2D eigenvalue weighted by Gasteiger charge is -2.31. The molecule has 3 N–H and O–H groups in total. The molecule has 1 saturated heterocycles. The van der Waals surface area contributed by atoms with Crippen molar-refractivity contribution < 1.29 is 24.1 Å². The Hall–Kier alpha value is -3.47. The number of carboxylic acid groups (broad SMARTS) is 1. The van der Waals surface area contributed by atoms with Crippen molar-refractivity contribution in [3.05, 3.63) is 36.4 Å². The van der Waals surface area contributed by atoms with Crippen LogP contribution in [0.15, 0.2) is 30.6 Å². The molecule has 11 heteroatoms. The average molecular weight is 430 g/mol. The number of halogens is 1. The van der Waals surface area contributed by atoms with E-state index < -0.39 is 11.9 Å². The smallest absolute Gasteiger partial charge is 0.407 e. The van der Waals surface area contributed by atoms with E-state index in [0.29, 0.717) is 31.4 Å². The van der Waals surface area contributed by atoms with E-state index in [1.54, 1.807) is 16.9 Å². The number of fused-ring (bicyclic) bond motifs is 1. The van der Waals surface area contributed by atoms with Crippen molar-refractivity contribution in [3.63, 3.8) is 0 Å². The summed E-state index contributed by atoms with van der Waals surface area (Å²) >= 11 is 0. The molecule has 1 atom stereocenters. The Morgan fingerprint density at radius 2 is 2.23 bits per heavy atom. The predicted octanol–water partition coefficient (Wildman–Crippen LogP) is 2.25. The van der Waals surface area contributed by atoms with Gasteiger partial charge in [-0.25, -0.2) is 14.3 Å². The van der Waals surface area contributed by atoms with Gasteiger partial charge in [-0.2, -0.15) is 14.5 Å². The number of nitrogens with zero attached hydrogens (tertiary/aromatic N) is 5. The van der Waals surface area contributed by atoms with Gasteiger partial charge in [-0.05, 0) is 25.0 Å². The summed E-state index contributed by atoms with van der Waals surface area (Å²) in [5, 5.41) is 25.6. The van der Waals surface area contributed by atoms with Gasteiger partial charge in [-0.1, -0.05) is 6.07 Å². The second-order valence-corrected chi connectivity index (χ2v) is 7.24. The molecule has 0 saturated carbocycles. The van der Waals surface area contributed by atoms with E-state index >= 15 is 4.39 Å². The molecule has 1 aliphatic rings. The SMILES string of the molecule is O=C(O)N1CCC[C@@H](Nc2nc(-c3cnn4ccccc34)nc(OCCCO)c2F)C1. The van der Waals surface area contributed by atoms with Crippen LogP contribution in [0.5, 0.6) is 5.88 Å². The topological polar surface area (TPSA) is 125 Å². The lowest BCUT2D eigenvalue weighted by atomic mass is 10.1. The minimum atomic E-state index is -1.00. The van der Waals surface area contributed by atoms with Gasteiger partial charge in [-0.15, -0.1) is 0 Å². The molecule has 0 spiro atoms. The van der Waals surface area contributed by atoms with Crippen LogP contribution in [0, 0.1) is 5.82 Å². The Kier molecular flexibility index (Phi) is 6.12. The molecule has 3 aromatic rings. The summed E-state index contributed by atoms with van der Waals surface area (Å²) in [4.78, 5) is 21.2. The molecule has 4 rings (SSSR count). The fraction of sp³-hybridized carbons (Fsp3) is 0.400. The van der Waals surface area contributed by atoms with Gasteiger partial charge in [0.05, 0.1) is 23.9 Å². The van der Waals surface area contributed by atoms with Crippen molar-refractivity contribution in [1.29, 1.82) is 0 Å². The van der Waals surface area contributed by atoms with Gasteiger partial charge >= 0.3 is 6.09 Å². The summed E-state index contributed by atoms with van der Waals surface area (Å²) in [6, 6.07) is 5.24. The summed E-state index contributed by atoms with van der Waals surface area (Å²) in [5.41, 5.74) is 1.35. The minimum absolute atomic E-state index is 0.0588. The minimum Gasteiger partial charge on any atom is -0.475 e. The normalized spacial score (nSPS) is 16.5. The zero-order valence-electron chi connectivity index (χ0n) is 16.7. The fourth-order valence-electron chi connectivity index (χ4n) is 3.54. The highest BCUT2D eigenvalue weighted by atomic mass is 19.1. The van der Waals surface area contributed by atoms with Crippen molar-refractivity contribution in [2.75, 3.05) is 31.6 Å². The molecule has 1 aliphatic heterocycles. The molecule has 0 aromatic carbocycles. The molecule has 0 radical (unpaired) electrons. The number of hydrogen-bond acceptors (Lipinski definition) is 7. The number of rotatable bonds is 7. The Morgan fingerprint density at radius 3 is 3.03 bits per heavy atom. The molecule has 0 unspecified atom stereocenters. The number of nitrogens with one attached hydrogen (secondary N) is 1. The molecule has 4 heterocycles. The summed E-state index contributed by atoms with van der Waals surface area (Å²) in [6.07, 6.45) is 4.04. The highest BCUT2D eigenvalue weighted by Gasteiger charge is 2.26. The van der Waals surface area contributed by atoms with Crippen LogP contribution in [0.4, 0.5) is 15.0 Å². The first-order chi connectivity index (χ1) is 15.1. The van der Waals surface area contributed by atoms with Crippen molar-refractivity contribution in [2.45, 2.75) is 25.3 Å². The van der Waals surface area contributed by atoms with Crippen LogP contribution in [-0.2, 0) is 0 Å². The Morgan fingerprint density at radius 1 is 1.35 bits per heavy atom. The maximum atomic E-state index is 15.1. The van der Waals surface area contributed by atoms with Gasteiger partial charge in [0.15, 0.2) is 11.6 Å². The van der Waals surface area contributed by atoms with E-state index in [1.165, 1.54) is 4.90 Å². The third-order valence-corrected chi connectivity index (χ3v) is 5.06. The molecule has 0 aliphatic carbocycles. The van der Waals surface area contributed by atoms with E-state index in [1.807, 2.05) is 18.2 Å². The average Bonchev–Trinajstić information content (AvgIpc) is 3.21. The van der Waals surface area contributed by atoms with Crippen molar-refractivity contribution >= 4 is 17.4 Å². The zero-order valence-corrected chi connectivity index (χ0v) is 16.7. The highest BCUT2D eigenvalue weighted by Crippen LogP contribution is 2.29. The Balaban J connectivity index is 1.69. The monoisotopic (exact) mass is 430 g/mol. The van der Waals surface area contributed by atoms with Crippen LogP contribution in [0.3, 0.4) is 0 Å². The van der Waals surface area contributed by atoms with E-state index in [9.17, 15) is 9.90 Å². The summed E-state index contributed by atoms with van der Waals surface area (Å²) < 4.78 is 22.2. The standard InChI is InChI=1S/C20H23FN6O4/c21-16-18(23-13-5-3-7-26(12-13)20(29)30)24-17(25-19(16)31-10-4-9-28)14-11-22-27-8-2-1-6-15(14)27/h1-2,6,8,11,13,28H,3-5,7,9-10,12H2,(H,29,30)(H,23,24,25)/t13-/m1/s1. The number of hydrogen-bond donors (Lipinski definition) is 3. The second kappa shape index (κ2) is 9.13. The van der Waals surface area contributed by atoms with Crippen molar-refractivity contribution in [2.24, 2.45) is 0 Å². The number of likely N-dealkylation sites (tertiary alicyclic amines) is 1. The van der Waals surface area contributed by atoms with E-state index in [0.717, 1.165) is 5.52 Å². The van der Waals surface area contributed by atoms with Crippen LogP contribution in [0.25, 0.3) is 16.9 Å². The summed E-state index contributed by atoms with van der Waals surface area (Å²) in [7, 11) is 0. The highest BCUT2D eigenvalue weighted by molar-refractivity contribution is 5.76. The van der Waals surface area contributed by atoms with Gasteiger partial charge in [0.2, 0.25) is 5.82 Å². The van der Waals surface area contributed by atoms with E-state index in [4.69, 9.17) is 9.84 Å². The molecule has 0 bridgehead atoms. The predicted molar refractivity (Wildman–Crippen MR) is 110 cm³/mol. The zero-order chi connectivity index (χ0) is 21.8. The van der Waals surface area contributed by atoms with Crippen LogP contribution in [-0.4, -0.2) is 73.1 Å². The summed E-state index contributed by atoms with van der Waals surface area (Å²) in [5.74, 6) is -0.820. The van der Waals surface area contributed by atoms with Crippen LogP contribution in [0.1, 0.15) is 19.3 Å². The van der Waals surface area contributed by atoms with Gasteiger partial charge in [0.1, 0.15) is 0 Å². The second-order valence-electron chi connectivity index (χ2n) is 7.24. The molecule has 10 nitrogen and oxygen atoms in total. The van der Waals surface area contributed by atoms with E-state index in [2.05, 4.69) is 20.4 Å². The molecule has 164 valence electrons. The number of amides is 1. The third kappa shape index (κ3) is 4.50. The first-order valence-corrected chi connectivity index (χ1v) is 10.0. The van der Waals surface area contributed by atoms with Gasteiger partial charge in [0, 0.05) is 38.4 Å². The number of carbonyl (C=O) groups is 1. The molecular weight excluding hydrogens is 407 g/mol. The third-order valence-electron chi connectivity index (χ3n) is 5.06. The number of ether oxygens (including phenoxy) is 1. The number of piperidine rings is 1. The maximum absolute atomic E-state index is 15.1. The maximum Gasteiger partial charge on any atom is 0.407 e. The quantitative estimate of drug-likeness (QED) is 0.488. The first kappa shape index (κ1) is 20.8. The number of anilines is 1. The molecule has 3 aromatic heterocycles. The molecule has 1 fully saturated rings. The first-order valence-electron chi connectivity index (χ1n) is 10.0. The number of pyridine rings is 1. The number of aliphatic hydroxyl groups is 1. The lowest BCUT2D eigenvalue weighted by Crippen LogP contribution is -2.44. The van der Waals surface area contributed by atoms with Crippen LogP contribution < -0.4 is 10.1 Å².